The minimum absolute atomic E-state index is 0.0472. The van der Waals surface area contributed by atoms with E-state index >= 15 is 0 Å². The average molecular weight is 498 g/mol. The maximum atomic E-state index is 12.8. The number of aliphatic hydroxyl groups is 5. The van der Waals surface area contributed by atoms with Crippen LogP contribution in [0.1, 0.15) is 23.7 Å². The normalized spacial score (nSPS) is 40.6. The number of hydrogen-bond acceptors (Lipinski definition) is 12. The first-order valence-corrected chi connectivity index (χ1v) is 11.2. The molecule has 2 aliphatic heterocycles. The molecular weight excluding hydrogens is 468 g/mol. The monoisotopic (exact) mass is 498 g/mol. The molecule has 6 N–H and O–H groups in total. The second-order valence-electron chi connectivity index (χ2n) is 9.16. The molecule has 1 aromatic carbocycles. The summed E-state index contributed by atoms with van der Waals surface area (Å²) in [6.07, 6.45) is -6.40. The predicted molar refractivity (Wildman–Crippen MR) is 115 cm³/mol. The number of carbonyl (C=O) groups is 1. The van der Waals surface area contributed by atoms with Crippen LogP contribution in [0.3, 0.4) is 0 Å². The number of phenolic OH excluding ortho intramolecular Hbond substituents is 1. The first-order chi connectivity index (χ1) is 16.6. The third-order valence-electron chi connectivity index (χ3n) is 6.77. The molecule has 12 heteroatoms. The Morgan fingerprint density at radius 3 is 2.60 bits per heavy atom. The number of phenols is 1. The third kappa shape index (κ3) is 4.83. The fourth-order valence-corrected chi connectivity index (χ4v) is 4.90. The van der Waals surface area contributed by atoms with Gasteiger partial charge in [-0.3, -0.25) is 0 Å². The summed E-state index contributed by atoms with van der Waals surface area (Å²) in [5.41, 5.74) is -1.28. The van der Waals surface area contributed by atoms with Gasteiger partial charge in [0.05, 0.1) is 37.1 Å². The van der Waals surface area contributed by atoms with E-state index in [1.54, 1.807) is 6.08 Å². The minimum Gasteiger partial charge on any atom is -0.504 e. The summed E-state index contributed by atoms with van der Waals surface area (Å²) in [5.74, 6) is -2.00. The van der Waals surface area contributed by atoms with Crippen molar-refractivity contribution in [1.29, 1.82) is 0 Å². The van der Waals surface area contributed by atoms with Crippen LogP contribution in [0.25, 0.3) is 0 Å². The molecule has 3 aliphatic rings. The number of rotatable bonds is 6. The van der Waals surface area contributed by atoms with Crippen LogP contribution >= 0.6 is 0 Å². The number of carbonyl (C=O) groups excluding carboxylic acids is 1. The second kappa shape index (κ2) is 9.90. The molecule has 0 spiro atoms. The zero-order valence-corrected chi connectivity index (χ0v) is 19.1. The van der Waals surface area contributed by atoms with Crippen LogP contribution in [0.2, 0.25) is 0 Å². The van der Waals surface area contributed by atoms with Crippen LogP contribution in [0, 0.1) is 11.8 Å². The van der Waals surface area contributed by atoms with Crippen molar-refractivity contribution in [3.05, 3.63) is 36.1 Å². The minimum atomic E-state index is -1.65. The van der Waals surface area contributed by atoms with Crippen molar-refractivity contribution in [3.63, 3.8) is 0 Å². The molecule has 2 unspecified atom stereocenters. The molecule has 2 heterocycles. The number of hydrogen-bond donors (Lipinski definition) is 6. The first-order valence-electron chi connectivity index (χ1n) is 11.2. The van der Waals surface area contributed by atoms with E-state index in [0.29, 0.717) is 0 Å². The molecule has 0 aromatic heterocycles. The van der Waals surface area contributed by atoms with Gasteiger partial charge in [0.25, 0.3) is 0 Å². The number of benzene rings is 1. The van der Waals surface area contributed by atoms with Crippen molar-refractivity contribution < 1.29 is 59.1 Å². The summed E-state index contributed by atoms with van der Waals surface area (Å²) >= 11 is 0. The van der Waals surface area contributed by atoms with Crippen molar-refractivity contribution in [2.45, 2.75) is 62.0 Å². The van der Waals surface area contributed by atoms with E-state index in [2.05, 4.69) is 0 Å². The highest BCUT2D eigenvalue weighted by Crippen LogP contribution is 2.48. The van der Waals surface area contributed by atoms with E-state index in [-0.39, 0.29) is 23.5 Å². The van der Waals surface area contributed by atoms with Gasteiger partial charge in [0.15, 0.2) is 17.8 Å². The number of esters is 1. The van der Waals surface area contributed by atoms with Crippen LogP contribution in [0.15, 0.2) is 30.5 Å². The van der Waals surface area contributed by atoms with Crippen LogP contribution in [-0.4, -0.2) is 99.0 Å². The number of fused-ring (bicyclic) bond motifs is 1. The Bertz CT molecular complexity index is 946. The Balaban J connectivity index is 1.50. The van der Waals surface area contributed by atoms with Gasteiger partial charge in [0, 0.05) is 12.3 Å². The highest BCUT2D eigenvalue weighted by atomic mass is 16.8. The van der Waals surface area contributed by atoms with Crippen LogP contribution in [0.4, 0.5) is 0 Å². The van der Waals surface area contributed by atoms with Gasteiger partial charge in [-0.2, -0.15) is 0 Å². The standard InChI is InChI=1S/C23H30O12/c1-23(30)8-14(33-20(29)10-3-4-12(25)13(7-10)31-2)11-5-6-32-21(16(11)23)35-22-19(28)18(27)17(26)15(9-24)34-22/h3-7,11,14-19,21-22,24-28,30H,8-9H2,1-2H3/t11-,14?,15+,16+,17+,18-,19+,21-,22-,23?/m0/s1. The van der Waals surface area contributed by atoms with Gasteiger partial charge in [0.1, 0.15) is 30.5 Å². The summed E-state index contributed by atoms with van der Waals surface area (Å²) < 4.78 is 27.4. The highest BCUT2D eigenvalue weighted by Gasteiger charge is 2.58. The van der Waals surface area contributed by atoms with E-state index < -0.39 is 73.1 Å². The van der Waals surface area contributed by atoms with Crippen molar-refractivity contribution in [2.24, 2.45) is 11.8 Å². The molecule has 1 aromatic rings. The van der Waals surface area contributed by atoms with Crippen LogP contribution in [0.5, 0.6) is 11.5 Å². The maximum absolute atomic E-state index is 12.8. The van der Waals surface area contributed by atoms with Crippen molar-refractivity contribution >= 4 is 5.97 Å². The van der Waals surface area contributed by atoms with Crippen LogP contribution < -0.4 is 4.74 Å². The molecule has 0 amide bonds. The van der Waals surface area contributed by atoms with E-state index in [9.17, 15) is 35.4 Å². The predicted octanol–water partition coefficient (Wildman–Crippen LogP) is -1.00. The Kier molecular flexibility index (Phi) is 7.25. The number of aliphatic hydroxyl groups excluding tert-OH is 4. The van der Waals surface area contributed by atoms with Crippen LogP contribution in [-0.2, 0) is 18.9 Å². The fourth-order valence-electron chi connectivity index (χ4n) is 4.90. The zero-order valence-electron chi connectivity index (χ0n) is 19.1. The molecule has 1 aliphatic carbocycles. The van der Waals surface area contributed by atoms with Crippen molar-refractivity contribution in [2.75, 3.05) is 13.7 Å². The topological polar surface area (TPSA) is 185 Å². The van der Waals surface area contributed by atoms with Gasteiger partial charge < -0.3 is 54.3 Å². The number of methoxy groups -OCH3 is 1. The second-order valence-corrected chi connectivity index (χ2v) is 9.16. The van der Waals surface area contributed by atoms with Gasteiger partial charge in [-0.25, -0.2) is 4.79 Å². The van der Waals surface area contributed by atoms with Gasteiger partial charge in [-0.1, -0.05) is 0 Å². The summed E-state index contributed by atoms with van der Waals surface area (Å²) in [7, 11) is 1.35. The number of aromatic hydroxyl groups is 1. The summed E-state index contributed by atoms with van der Waals surface area (Å²) in [5, 5.41) is 60.6. The summed E-state index contributed by atoms with van der Waals surface area (Å²) in [6, 6.07) is 4.03. The fraction of sp³-hybridized carbons (Fsp3) is 0.609. The van der Waals surface area contributed by atoms with E-state index in [1.165, 1.54) is 38.5 Å². The number of ether oxygens (including phenoxy) is 5. The Labute approximate surface area is 200 Å². The van der Waals surface area contributed by atoms with Gasteiger partial charge in [0.2, 0.25) is 6.29 Å². The average Bonchev–Trinajstić information content (AvgIpc) is 3.09. The largest absolute Gasteiger partial charge is 0.504 e. The maximum Gasteiger partial charge on any atom is 0.338 e. The lowest BCUT2D eigenvalue weighted by atomic mass is 9.85. The lowest BCUT2D eigenvalue weighted by Crippen LogP contribution is -2.60. The Morgan fingerprint density at radius 2 is 1.91 bits per heavy atom. The molecule has 1 saturated carbocycles. The van der Waals surface area contributed by atoms with Gasteiger partial charge in [-0.05, 0) is 31.2 Å². The first kappa shape index (κ1) is 25.6. The molecule has 10 atom stereocenters. The van der Waals surface area contributed by atoms with Gasteiger partial charge >= 0.3 is 5.97 Å². The molecule has 194 valence electrons. The molecule has 0 bridgehead atoms. The highest BCUT2D eigenvalue weighted by molar-refractivity contribution is 5.90. The Morgan fingerprint density at radius 1 is 1.17 bits per heavy atom. The smallest absolute Gasteiger partial charge is 0.338 e. The zero-order chi connectivity index (χ0) is 25.5. The molecule has 4 rings (SSSR count). The molecule has 1 saturated heterocycles. The third-order valence-corrected chi connectivity index (χ3v) is 6.77. The molecule has 0 radical (unpaired) electrons. The lowest BCUT2D eigenvalue weighted by molar-refractivity contribution is -0.346. The molecule has 35 heavy (non-hydrogen) atoms. The molecular formula is C23H30O12. The van der Waals surface area contributed by atoms with E-state index in [0.717, 1.165) is 0 Å². The Hall–Kier alpha value is -2.45. The van der Waals surface area contributed by atoms with Crippen molar-refractivity contribution in [3.8, 4) is 11.5 Å². The quantitative estimate of drug-likeness (QED) is 0.263. The van der Waals surface area contributed by atoms with Crippen molar-refractivity contribution in [1.82, 2.24) is 0 Å². The summed E-state index contributed by atoms with van der Waals surface area (Å²) in [4.78, 5) is 12.8. The van der Waals surface area contributed by atoms with Gasteiger partial charge in [-0.15, -0.1) is 0 Å². The van der Waals surface area contributed by atoms with E-state index in [1.807, 2.05) is 0 Å². The summed E-state index contributed by atoms with van der Waals surface area (Å²) in [6.45, 7) is 0.911. The SMILES string of the molecule is COc1cc(C(=O)OC2CC(C)(O)[C@H]3[C@H](O[C@@H]4O[C@H](CO)[C@@H](O)[C@H](O)[C@H]4O)OC=C[C@@H]23)ccc1O. The molecule has 12 nitrogen and oxygen atoms in total. The van der Waals surface area contributed by atoms with E-state index in [4.69, 9.17) is 23.7 Å². The lowest BCUT2D eigenvalue weighted by Gasteiger charge is -2.43. The molecule has 2 fully saturated rings.